The molecule has 8 heteroatoms. The van der Waals surface area contributed by atoms with E-state index in [1.807, 2.05) is 22.8 Å². The van der Waals surface area contributed by atoms with E-state index in [4.69, 9.17) is 14.7 Å². The summed E-state index contributed by atoms with van der Waals surface area (Å²) in [6, 6.07) is 8.19. The molecule has 3 aromatic heterocycles. The standard InChI is InChI=1S/C22H23N3O2S3/c1-3-15-13(2)29-20-19(15)21(26)25(11-14-7-6-10-27-14)22(24-20)28-12-18-23-16-8-4-5-9-17(16)30-18/h4-5,8-9,14H,3,6-7,10-12H2,1-2H3. The van der Waals surface area contributed by atoms with E-state index in [1.54, 1.807) is 34.4 Å². The fraction of sp³-hybridized carbons (Fsp3) is 0.409. The predicted molar refractivity (Wildman–Crippen MR) is 126 cm³/mol. The average molecular weight is 458 g/mol. The van der Waals surface area contributed by atoms with E-state index in [1.165, 1.54) is 9.58 Å². The van der Waals surface area contributed by atoms with Gasteiger partial charge >= 0.3 is 0 Å². The minimum absolute atomic E-state index is 0.0727. The Morgan fingerprint density at radius 1 is 1.27 bits per heavy atom. The lowest BCUT2D eigenvalue weighted by molar-refractivity contribution is 0.0937. The smallest absolute Gasteiger partial charge is 0.263 e. The van der Waals surface area contributed by atoms with Crippen molar-refractivity contribution in [1.82, 2.24) is 14.5 Å². The molecule has 1 aromatic carbocycles. The van der Waals surface area contributed by atoms with Gasteiger partial charge in [-0.25, -0.2) is 9.97 Å². The molecular formula is C22H23N3O2S3. The molecule has 0 amide bonds. The van der Waals surface area contributed by atoms with Crippen LogP contribution in [-0.4, -0.2) is 27.2 Å². The van der Waals surface area contributed by atoms with Crippen molar-refractivity contribution in [2.45, 2.75) is 56.7 Å². The molecule has 1 unspecified atom stereocenters. The van der Waals surface area contributed by atoms with Crippen molar-refractivity contribution in [3.8, 4) is 0 Å². The fourth-order valence-corrected chi connectivity index (χ4v) is 7.15. The number of aryl methyl sites for hydroxylation is 2. The number of thiazole rings is 1. The molecule has 0 aliphatic carbocycles. The molecule has 0 N–H and O–H groups in total. The highest BCUT2D eigenvalue weighted by Gasteiger charge is 2.23. The minimum Gasteiger partial charge on any atom is -0.376 e. The Hall–Kier alpha value is -1.74. The first-order chi connectivity index (χ1) is 14.6. The molecule has 0 bridgehead atoms. The first kappa shape index (κ1) is 20.2. The molecule has 0 spiro atoms. The highest BCUT2D eigenvalue weighted by molar-refractivity contribution is 7.98. The summed E-state index contributed by atoms with van der Waals surface area (Å²) in [6.07, 6.45) is 2.99. The lowest BCUT2D eigenvalue weighted by Crippen LogP contribution is -2.28. The van der Waals surface area contributed by atoms with Crippen LogP contribution in [0.4, 0.5) is 0 Å². The third kappa shape index (κ3) is 3.70. The van der Waals surface area contributed by atoms with E-state index in [0.717, 1.165) is 57.3 Å². The van der Waals surface area contributed by atoms with Gasteiger partial charge in [0.2, 0.25) is 0 Å². The van der Waals surface area contributed by atoms with E-state index in [9.17, 15) is 4.79 Å². The molecule has 4 heterocycles. The Bertz CT molecular complexity index is 1240. The number of para-hydroxylation sites is 1. The number of thioether (sulfide) groups is 1. The van der Waals surface area contributed by atoms with Crippen molar-refractivity contribution >= 4 is 54.9 Å². The van der Waals surface area contributed by atoms with Crippen LogP contribution in [0.2, 0.25) is 0 Å². The summed E-state index contributed by atoms with van der Waals surface area (Å²) >= 11 is 4.93. The SMILES string of the molecule is CCc1c(C)sc2nc(SCc3nc4ccccc4s3)n(CC3CCCO3)c(=O)c12. The molecule has 156 valence electrons. The Morgan fingerprint density at radius 2 is 2.13 bits per heavy atom. The summed E-state index contributed by atoms with van der Waals surface area (Å²) in [6.45, 7) is 5.54. The number of benzene rings is 1. The Balaban J connectivity index is 1.53. The second kappa shape index (κ2) is 8.42. The summed E-state index contributed by atoms with van der Waals surface area (Å²) in [5.41, 5.74) is 2.24. The van der Waals surface area contributed by atoms with Crippen LogP contribution in [0, 0.1) is 6.92 Å². The molecule has 1 aliphatic heterocycles. The monoisotopic (exact) mass is 457 g/mol. The molecule has 5 nitrogen and oxygen atoms in total. The zero-order chi connectivity index (χ0) is 20.7. The van der Waals surface area contributed by atoms with Crippen LogP contribution in [0.1, 0.15) is 35.2 Å². The summed E-state index contributed by atoms with van der Waals surface area (Å²) in [7, 11) is 0. The Morgan fingerprint density at radius 3 is 2.90 bits per heavy atom. The molecule has 30 heavy (non-hydrogen) atoms. The van der Waals surface area contributed by atoms with Crippen molar-refractivity contribution < 1.29 is 4.74 Å². The first-order valence-corrected chi connectivity index (χ1v) is 12.9. The molecule has 1 atom stereocenters. The van der Waals surface area contributed by atoms with Crippen molar-refractivity contribution in [3.05, 3.63) is 50.1 Å². The largest absolute Gasteiger partial charge is 0.376 e. The molecule has 1 saturated heterocycles. The van der Waals surface area contributed by atoms with Gasteiger partial charge in [0.1, 0.15) is 9.84 Å². The van der Waals surface area contributed by atoms with Crippen LogP contribution in [0.5, 0.6) is 0 Å². The number of aromatic nitrogens is 3. The average Bonchev–Trinajstić information content (AvgIpc) is 3.46. The molecule has 4 aromatic rings. The number of hydrogen-bond donors (Lipinski definition) is 0. The van der Waals surface area contributed by atoms with Gasteiger partial charge < -0.3 is 4.74 Å². The second-order valence-corrected chi connectivity index (χ2v) is 10.7. The van der Waals surface area contributed by atoms with Crippen LogP contribution < -0.4 is 5.56 Å². The number of hydrogen-bond acceptors (Lipinski definition) is 7. The number of thiophene rings is 1. The van der Waals surface area contributed by atoms with Gasteiger partial charge in [0.25, 0.3) is 5.56 Å². The van der Waals surface area contributed by atoms with Crippen LogP contribution >= 0.6 is 34.4 Å². The van der Waals surface area contributed by atoms with Gasteiger partial charge in [-0.15, -0.1) is 22.7 Å². The number of ether oxygens (including phenoxy) is 1. The van der Waals surface area contributed by atoms with Gasteiger partial charge in [0.15, 0.2) is 5.16 Å². The molecule has 5 rings (SSSR count). The maximum atomic E-state index is 13.5. The number of fused-ring (bicyclic) bond motifs is 2. The topological polar surface area (TPSA) is 57.0 Å². The molecular weight excluding hydrogens is 434 g/mol. The summed E-state index contributed by atoms with van der Waals surface area (Å²) < 4.78 is 8.88. The lowest BCUT2D eigenvalue weighted by atomic mass is 10.1. The maximum Gasteiger partial charge on any atom is 0.263 e. The maximum absolute atomic E-state index is 13.5. The van der Waals surface area contributed by atoms with Crippen LogP contribution in [0.25, 0.3) is 20.4 Å². The van der Waals surface area contributed by atoms with Crippen molar-refractivity contribution in [2.75, 3.05) is 6.61 Å². The summed E-state index contributed by atoms with van der Waals surface area (Å²) in [5, 5.41) is 2.62. The van der Waals surface area contributed by atoms with Crippen molar-refractivity contribution in [2.24, 2.45) is 0 Å². The van der Waals surface area contributed by atoms with Gasteiger partial charge in [-0.3, -0.25) is 9.36 Å². The van der Waals surface area contributed by atoms with Gasteiger partial charge in [-0.1, -0.05) is 30.8 Å². The quantitative estimate of drug-likeness (QED) is 0.286. The lowest BCUT2D eigenvalue weighted by Gasteiger charge is -2.15. The van der Waals surface area contributed by atoms with Gasteiger partial charge in [0, 0.05) is 11.5 Å². The van der Waals surface area contributed by atoms with E-state index in [-0.39, 0.29) is 11.7 Å². The molecule has 0 radical (unpaired) electrons. The van der Waals surface area contributed by atoms with Crippen molar-refractivity contribution in [3.63, 3.8) is 0 Å². The van der Waals surface area contributed by atoms with E-state index < -0.39 is 0 Å². The minimum atomic E-state index is 0.0727. The highest BCUT2D eigenvalue weighted by Crippen LogP contribution is 2.32. The number of nitrogens with zero attached hydrogens (tertiary/aromatic N) is 3. The molecule has 1 aliphatic rings. The Labute approximate surface area is 187 Å². The van der Waals surface area contributed by atoms with E-state index >= 15 is 0 Å². The predicted octanol–water partition coefficient (Wildman–Crippen LogP) is 5.41. The first-order valence-electron chi connectivity index (χ1n) is 10.3. The van der Waals surface area contributed by atoms with Gasteiger partial charge in [-0.2, -0.15) is 0 Å². The van der Waals surface area contributed by atoms with Crippen LogP contribution in [0.15, 0.2) is 34.2 Å². The Kier molecular flexibility index (Phi) is 5.66. The van der Waals surface area contributed by atoms with Gasteiger partial charge in [-0.05, 0) is 43.9 Å². The van der Waals surface area contributed by atoms with E-state index in [2.05, 4.69) is 19.9 Å². The van der Waals surface area contributed by atoms with Gasteiger partial charge in [0.05, 0.1) is 34.0 Å². The van der Waals surface area contributed by atoms with Crippen LogP contribution in [0.3, 0.4) is 0 Å². The summed E-state index contributed by atoms with van der Waals surface area (Å²) in [4.78, 5) is 25.3. The zero-order valence-corrected chi connectivity index (χ0v) is 19.5. The van der Waals surface area contributed by atoms with Crippen LogP contribution in [-0.2, 0) is 23.5 Å². The third-order valence-corrected chi connectivity index (χ3v) is 8.75. The summed E-state index contributed by atoms with van der Waals surface area (Å²) in [5.74, 6) is 0.702. The number of rotatable bonds is 6. The highest BCUT2D eigenvalue weighted by atomic mass is 32.2. The third-order valence-electron chi connectivity index (χ3n) is 5.50. The molecule has 1 fully saturated rings. The second-order valence-electron chi connectivity index (χ2n) is 7.48. The fourth-order valence-electron chi connectivity index (χ4n) is 4.03. The molecule has 0 saturated carbocycles. The van der Waals surface area contributed by atoms with E-state index in [0.29, 0.717) is 12.3 Å². The zero-order valence-electron chi connectivity index (χ0n) is 17.0. The normalized spacial score (nSPS) is 16.8. The van der Waals surface area contributed by atoms with Crippen molar-refractivity contribution in [1.29, 1.82) is 0 Å².